The van der Waals surface area contributed by atoms with E-state index in [1.807, 2.05) is 0 Å². The molecule has 0 aromatic carbocycles. The third kappa shape index (κ3) is 3.61. The first-order valence-electron chi connectivity index (χ1n) is 4.82. The topological polar surface area (TPSA) is 43.4 Å². The van der Waals surface area contributed by atoms with Crippen LogP contribution in [-0.2, 0) is 14.3 Å². The van der Waals surface area contributed by atoms with E-state index >= 15 is 0 Å². The Morgan fingerprint density at radius 3 is 1.35 bits per heavy atom. The zero-order valence-electron chi connectivity index (χ0n) is 10.2. The average molecular weight is 396 g/mol. The van der Waals surface area contributed by atoms with Gasteiger partial charge in [0, 0.05) is 0 Å². The second-order valence-corrected chi connectivity index (χ2v) is 5.51. The Morgan fingerprint density at radius 2 is 1.09 bits per heavy atom. The Balaban J connectivity index is 5.97. The zero-order valence-corrected chi connectivity index (χ0v) is 11.1. The molecule has 0 saturated carbocycles. The molecule has 16 heteroatoms. The van der Waals surface area contributed by atoms with E-state index in [1.54, 1.807) is 0 Å². The van der Waals surface area contributed by atoms with Gasteiger partial charge >= 0.3 is 39.6 Å². The normalized spacial score (nSPS) is 17.3. The molecule has 0 unspecified atom stereocenters. The summed E-state index contributed by atoms with van der Waals surface area (Å²) in [6.07, 6.45) is -16.8. The van der Waals surface area contributed by atoms with Gasteiger partial charge in [0.2, 0.25) is 0 Å². The summed E-state index contributed by atoms with van der Waals surface area (Å²) in [6.45, 7) is -0.284. The van der Waals surface area contributed by atoms with Crippen molar-refractivity contribution in [2.75, 3.05) is 0 Å². The van der Waals surface area contributed by atoms with Crippen LogP contribution in [0.4, 0.5) is 52.7 Å². The summed E-state index contributed by atoms with van der Waals surface area (Å²) in [7, 11) is -7.53. The van der Waals surface area contributed by atoms with Crippen LogP contribution in [0.5, 0.6) is 0 Å². The van der Waals surface area contributed by atoms with E-state index in [0.717, 1.165) is 0 Å². The minimum atomic E-state index is -7.65. The summed E-state index contributed by atoms with van der Waals surface area (Å²) in [5.74, 6) is -15.2. The van der Waals surface area contributed by atoms with E-state index in [0.29, 0.717) is 0 Å². The maximum absolute atomic E-state index is 12.9. The van der Waals surface area contributed by atoms with Gasteiger partial charge < -0.3 is 0 Å². The van der Waals surface area contributed by atoms with Crippen LogP contribution in [0.3, 0.4) is 0 Å². The van der Waals surface area contributed by atoms with Gasteiger partial charge in [0.15, 0.2) is 6.10 Å². The quantitative estimate of drug-likeness (QED) is 0.526. The first kappa shape index (κ1) is 22.1. The monoisotopic (exact) mass is 396 g/mol. The van der Waals surface area contributed by atoms with Crippen LogP contribution in [0.1, 0.15) is 6.92 Å². The average Bonchev–Trinajstić information content (AvgIpc) is 2.24. The second kappa shape index (κ2) is 5.56. The van der Waals surface area contributed by atoms with Gasteiger partial charge in [-0.05, 0) is 6.92 Å². The molecule has 0 aromatic rings. The molecule has 140 valence electrons. The van der Waals surface area contributed by atoms with Crippen LogP contribution in [0.2, 0.25) is 0 Å². The van der Waals surface area contributed by atoms with Crippen LogP contribution in [-0.4, -0.2) is 44.0 Å². The van der Waals surface area contributed by atoms with Gasteiger partial charge in [-0.3, -0.25) is 4.18 Å². The molecule has 0 N–H and O–H groups in total. The smallest absolute Gasteiger partial charge is 0.253 e. The van der Waals surface area contributed by atoms with Gasteiger partial charge in [-0.1, -0.05) is 0 Å². The molecule has 0 fully saturated rings. The molecule has 0 radical (unpaired) electrons. The molecular formula is C7H4F12O3S. The Kier molecular flexibility index (Phi) is 5.34. The summed E-state index contributed by atoms with van der Waals surface area (Å²) in [4.78, 5) is 0. The largest absolute Gasteiger partial charge is 0.460 e. The number of hydrogen-bond acceptors (Lipinski definition) is 3. The zero-order chi connectivity index (χ0) is 19.3. The van der Waals surface area contributed by atoms with Crippen molar-refractivity contribution in [1.82, 2.24) is 0 Å². The summed E-state index contributed by atoms with van der Waals surface area (Å²) >= 11 is 0. The third-order valence-electron chi connectivity index (χ3n) is 2.16. The summed E-state index contributed by atoms with van der Waals surface area (Å²) in [6, 6.07) is 0. The fourth-order valence-electron chi connectivity index (χ4n) is 0.823. The van der Waals surface area contributed by atoms with E-state index in [2.05, 4.69) is 4.18 Å². The second-order valence-electron chi connectivity index (χ2n) is 3.90. The van der Waals surface area contributed by atoms with Crippen LogP contribution in [0, 0.1) is 0 Å². The first-order valence-corrected chi connectivity index (χ1v) is 6.23. The van der Waals surface area contributed by atoms with E-state index in [-0.39, 0.29) is 6.92 Å². The lowest BCUT2D eigenvalue weighted by molar-refractivity contribution is -0.383. The maximum atomic E-state index is 12.9. The summed E-state index contributed by atoms with van der Waals surface area (Å²) in [5, 5.41) is -7.32. The van der Waals surface area contributed by atoms with Crippen molar-refractivity contribution in [3.63, 3.8) is 0 Å². The molecule has 0 aliphatic rings. The third-order valence-corrected chi connectivity index (χ3v) is 3.59. The lowest BCUT2D eigenvalue weighted by atomic mass is 10.1. The molecule has 0 aliphatic carbocycles. The van der Waals surface area contributed by atoms with Crippen molar-refractivity contribution in [2.45, 2.75) is 42.5 Å². The number of hydrogen-bond donors (Lipinski definition) is 0. The van der Waals surface area contributed by atoms with Crippen molar-refractivity contribution in [1.29, 1.82) is 0 Å². The fourth-order valence-corrected chi connectivity index (χ4v) is 1.87. The van der Waals surface area contributed by atoms with Gasteiger partial charge in [-0.25, -0.2) is 0 Å². The van der Waals surface area contributed by atoms with Gasteiger partial charge in [-0.2, -0.15) is 61.1 Å². The molecule has 0 rings (SSSR count). The number of alkyl halides is 12. The van der Waals surface area contributed by atoms with Crippen molar-refractivity contribution in [3.05, 3.63) is 0 Å². The Labute approximate surface area is 119 Å². The Morgan fingerprint density at radius 1 is 0.739 bits per heavy atom. The van der Waals surface area contributed by atoms with E-state index in [4.69, 9.17) is 0 Å². The number of halogens is 12. The number of rotatable bonds is 5. The highest BCUT2D eigenvalue weighted by atomic mass is 32.2. The SMILES string of the molecule is C[C@@H](OS(=O)(=O)C(F)(F)C(F)(F)C(F)(F)C(F)(F)F)C(F)(F)F. The highest BCUT2D eigenvalue weighted by Gasteiger charge is 2.86. The molecule has 3 nitrogen and oxygen atoms in total. The van der Waals surface area contributed by atoms with Crippen molar-refractivity contribution in [3.8, 4) is 0 Å². The molecule has 1 atom stereocenters. The first-order chi connectivity index (χ1) is 9.63. The van der Waals surface area contributed by atoms with Crippen LogP contribution < -0.4 is 0 Å². The highest BCUT2D eigenvalue weighted by Crippen LogP contribution is 2.55. The molecule has 0 heterocycles. The maximum Gasteiger partial charge on any atom is 0.460 e. The van der Waals surface area contributed by atoms with E-state index in [9.17, 15) is 61.1 Å². The molecule has 0 spiro atoms. The molecule has 0 bridgehead atoms. The molecule has 0 aromatic heterocycles. The molecule has 0 aliphatic heterocycles. The predicted octanol–water partition coefficient (Wildman–Crippen LogP) is 3.71. The van der Waals surface area contributed by atoms with Crippen LogP contribution >= 0.6 is 0 Å². The van der Waals surface area contributed by atoms with Gasteiger partial charge in [-0.15, -0.1) is 0 Å². The highest BCUT2D eigenvalue weighted by molar-refractivity contribution is 7.87. The van der Waals surface area contributed by atoms with E-state index < -0.39 is 45.7 Å². The minimum absolute atomic E-state index is 0.284. The van der Waals surface area contributed by atoms with Crippen LogP contribution in [0.25, 0.3) is 0 Å². The summed E-state index contributed by atoms with van der Waals surface area (Å²) < 4.78 is 171. The van der Waals surface area contributed by atoms with E-state index in [1.165, 1.54) is 0 Å². The fraction of sp³-hybridized carbons (Fsp3) is 1.00. The summed E-state index contributed by atoms with van der Waals surface area (Å²) in [5.41, 5.74) is 0. The molecule has 0 amide bonds. The Bertz CT molecular complexity index is 530. The van der Waals surface area contributed by atoms with Crippen molar-refractivity contribution >= 4 is 10.1 Å². The minimum Gasteiger partial charge on any atom is -0.253 e. The van der Waals surface area contributed by atoms with Crippen LogP contribution in [0.15, 0.2) is 0 Å². The van der Waals surface area contributed by atoms with Gasteiger partial charge in [0.25, 0.3) is 0 Å². The lowest BCUT2D eigenvalue weighted by Gasteiger charge is -2.33. The van der Waals surface area contributed by atoms with Crippen molar-refractivity contribution in [2.24, 2.45) is 0 Å². The van der Waals surface area contributed by atoms with Gasteiger partial charge in [0.1, 0.15) is 0 Å². The predicted molar refractivity (Wildman–Crippen MR) is 46.4 cm³/mol. The standard InChI is InChI=1S/C7H4F12O3S/c1-2(3(8,9)10)22-23(20,21)7(18,19)5(13,14)4(11,12)6(15,16)17/h2H,1H3/t2-/m1/s1. The Hall–Kier alpha value is -0.930. The lowest BCUT2D eigenvalue weighted by Crippen LogP contribution is -2.63. The molecule has 23 heavy (non-hydrogen) atoms. The molecular weight excluding hydrogens is 392 g/mol. The van der Waals surface area contributed by atoms with Crippen molar-refractivity contribution < 1.29 is 65.3 Å². The molecule has 0 saturated heterocycles. The van der Waals surface area contributed by atoms with Gasteiger partial charge in [0.05, 0.1) is 0 Å².